The van der Waals surface area contributed by atoms with Crippen molar-refractivity contribution in [2.45, 2.75) is 39.0 Å². The van der Waals surface area contributed by atoms with Gasteiger partial charge in [0.1, 0.15) is 18.0 Å². The second-order valence-corrected chi connectivity index (χ2v) is 8.50. The summed E-state index contributed by atoms with van der Waals surface area (Å²) in [4.78, 5) is 16.4. The van der Waals surface area contributed by atoms with Crippen LogP contribution in [0.1, 0.15) is 26.3 Å². The standard InChI is InChI=1S/C17H22BrClN2O3/c1-17(2,3)24-16(22)21-5-4-20-8-11-6-14(19)13(18)7-15(11)23-10-12(20)9-21/h6-7,12H,4-5,8-10H2,1-3H3/t12-/m0/s1. The number of fused-ring (bicyclic) bond motifs is 2. The highest BCUT2D eigenvalue weighted by Gasteiger charge is 2.34. The number of benzene rings is 1. The Balaban J connectivity index is 1.71. The van der Waals surface area contributed by atoms with Crippen LogP contribution in [0.4, 0.5) is 4.79 Å². The summed E-state index contributed by atoms with van der Waals surface area (Å²) >= 11 is 9.65. The Kier molecular flexibility index (Phi) is 5.00. The van der Waals surface area contributed by atoms with Crippen molar-refractivity contribution < 1.29 is 14.3 Å². The van der Waals surface area contributed by atoms with E-state index in [1.54, 1.807) is 4.90 Å². The molecule has 0 radical (unpaired) electrons. The normalized spacial score (nSPS) is 21.4. The molecule has 0 aromatic heterocycles. The van der Waals surface area contributed by atoms with Crippen LogP contribution >= 0.6 is 27.5 Å². The Hall–Kier alpha value is -0.980. The quantitative estimate of drug-likeness (QED) is 0.642. The molecule has 1 fully saturated rings. The van der Waals surface area contributed by atoms with Crippen molar-refractivity contribution in [1.29, 1.82) is 0 Å². The molecular weight excluding hydrogens is 396 g/mol. The zero-order chi connectivity index (χ0) is 17.5. The second-order valence-electron chi connectivity index (χ2n) is 7.24. The third-order valence-electron chi connectivity index (χ3n) is 4.16. The second kappa shape index (κ2) is 6.73. The van der Waals surface area contributed by atoms with Crippen molar-refractivity contribution in [3.63, 3.8) is 0 Å². The Morgan fingerprint density at radius 3 is 2.83 bits per heavy atom. The predicted molar refractivity (Wildman–Crippen MR) is 96.7 cm³/mol. The number of hydrogen-bond donors (Lipinski definition) is 0. The Bertz CT molecular complexity index is 647. The first-order valence-corrected chi connectivity index (χ1v) is 9.23. The molecular formula is C17H22BrClN2O3. The molecule has 0 N–H and O–H groups in total. The van der Waals surface area contributed by atoms with Crippen LogP contribution in [0.15, 0.2) is 16.6 Å². The lowest BCUT2D eigenvalue weighted by Gasteiger charge is -2.40. The van der Waals surface area contributed by atoms with Gasteiger partial charge in [0.25, 0.3) is 0 Å². The molecule has 24 heavy (non-hydrogen) atoms. The maximum atomic E-state index is 12.3. The van der Waals surface area contributed by atoms with E-state index in [9.17, 15) is 4.79 Å². The van der Waals surface area contributed by atoms with Crippen molar-refractivity contribution in [3.05, 3.63) is 27.2 Å². The van der Waals surface area contributed by atoms with Crippen LogP contribution in [0.25, 0.3) is 0 Å². The summed E-state index contributed by atoms with van der Waals surface area (Å²) in [6.45, 7) is 9.02. The van der Waals surface area contributed by atoms with Crippen LogP contribution in [0.2, 0.25) is 5.02 Å². The SMILES string of the molecule is CC(C)(C)OC(=O)N1CCN2Cc3cc(Cl)c(Br)cc3OC[C@@H]2C1. The lowest BCUT2D eigenvalue weighted by Crippen LogP contribution is -2.56. The Morgan fingerprint density at radius 1 is 1.38 bits per heavy atom. The molecule has 132 valence electrons. The highest BCUT2D eigenvalue weighted by atomic mass is 79.9. The molecule has 7 heteroatoms. The highest BCUT2D eigenvalue weighted by Crippen LogP contribution is 2.34. The smallest absolute Gasteiger partial charge is 0.410 e. The molecule has 3 rings (SSSR count). The van der Waals surface area contributed by atoms with Crippen LogP contribution in [0, 0.1) is 0 Å². The van der Waals surface area contributed by atoms with Gasteiger partial charge in [-0.05, 0) is 48.8 Å². The minimum absolute atomic E-state index is 0.149. The first-order chi connectivity index (χ1) is 11.2. The molecule has 1 saturated heterocycles. The number of nitrogens with zero attached hydrogens (tertiary/aromatic N) is 2. The van der Waals surface area contributed by atoms with E-state index in [4.69, 9.17) is 21.1 Å². The summed E-state index contributed by atoms with van der Waals surface area (Å²) in [6, 6.07) is 4.02. The summed E-state index contributed by atoms with van der Waals surface area (Å²) in [7, 11) is 0. The number of hydrogen-bond acceptors (Lipinski definition) is 4. The number of ether oxygens (including phenoxy) is 2. The third-order valence-corrected chi connectivity index (χ3v) is 5.36. The summed E-state index contributed by atoms with van der Waals surface area (Å²) in [5.74, 6) is 0.851. The maximum Gasteiger partial charge on any atom is 0.410 e. The van der Waals surface area contributed by atoms with Crippen LogP contribution in [-0.4, -0.2) is 53.8 Å². The van der Waals surface area contributed by atoms with Crippen LogP contribution in [0.5, 0.6) is 5.75 Å². The van der Waals surface area contributed by atoms with Gasteiger partial charge in [-0.2, -0.15) is 0 Å². The molecule has 1 aromatic carbocycles. The van der Waals surface area contributed by atoms with Gasteiger partial charge in [-0.1, -0.05) is 11.6 Å². The summed E-state index contributed by atoms with van der Waals surface area (Å²) < 4.78 is 12.3. The molecule has 0 aliphatic carbocycles. The fourth-order valence-corrected chi connectivity index (χ4v) is 3.49. The average Bonchev–Trinajstić information content (AvgIpc) is 2.65. The molecule has 2 heterocycles. The zero-order valence-electron chi connectivity index (χ0n) is 14.1. The zero-order valence-corrected chi connectivity index (χ0v) is 16.5. The van der Waals surface area contributed by atoms with E-state index in [1.807, 2.05) is 32.9 Å². The molecule has 1 atom stereocenters. The average molecular weight is 418 g/mol. The van der Waals surface area contributed by atoms with Crippen molar-refractivity contribution in [3.8, 4) is 5.75 Å². The van der Waals surface area contributed by atoms with E-state index in [0.717, 1.165) is 28.9 Å². The van der Waals surface area contributed by atoms with Crippen molar-refractivity contribution in [2.24, 2.45) is 0 Å². The first-order valence-electron chi connectivity index (χ1n) is 8.05. The molecule has 0 saturated carbocycles. The van der Waals surface area contributed by atoms with Gasteiger partial charge in [0, 0.05) is 36.2 Å². The Morgan fingerprint density at radius 2 is 2.12 bits per heavy atom. The number of amides is 1. The van der Waals surface area contributed by atoms with Gasteiger partial charge < -0.3 is 14.4 Å². The minimum atomic E-state index is -0.479. The van der Waals surface area contributed by atoms with Gasteiger partial charge in [-0.3, -0.25) is 4.90 Å². The van der Waals surface area contributed by atoms with E-state index in [2.05, 4.69) is 20.8 Å². The van der Waals surface area contributed by atoms with Gasteiger partial charge in [0.15, 0.2) is 0 Å². The fraction of sp³-hybridized carbons (Fsp3) is 0.588. The maximum absolute atomic E-state index is 12.3. The lowest BCUT2D eigenvalue weighted by atomic mass is 10.1. The van der Waals surface area contributed by atoms with Gasteiger partial charge in [-0.25, -0.2) is 4.79 Å². The van der Waals surface area contributed by atoms with Crippen LogP contribution in [0.3, 0.4) is 0 Å². The topological polar surface area (TPSA) is 42.0 Å². The van der Waals surface area contributed by atoms with E-state index in [-0.39, 0.29) is 12.1 Å². The highest BCUT2D eigenvalue weighted by molar-refractivity contribution is 9.10. The molecule has 0 spiro atoms. The lowest BCUT2D eigenvalue weighted by molar-refractivity contribution is -0.00154. The number of carbonyl (C=O) groups excluding carboxylic acids is 1. The number of piperazine rings is 1. The van der Waals surface area contributed by atoms with E-state index < -0.39 is 5.60 Å². The first kappa shape index (κ1) is 17.8. The largest absolute Gasteiger partial charge is 0.492 e. The minimum Gasteiger partial charge on any atom is -0.492 e. The number of carbonyl (C=O) groups is 1. The summed E-state index contributed by atoms with van der Waals surface area (Å²) in [5.41, 5.74) is 0.601. The molecule has 5 nitrogen and oxygen atoms in total. The van der Waals surface area contributed by atoms with Crippen LogP contribution in [-0.2, 0) is 11.3 Å². The third kappa shape index (κ3) is 3.98. The monoisotopic (exact) mass is 416 g/mol. The summed E-state index contributed by atoms with van der Waals surface area (Å²) in [6.07, 6.45) is -0.255. The van der Waals surface area contributed by atoms with E-state index in [1.165, 1.54) is 0 Å². The molecule has 0 unspecified atom stereocenters. The van der Waals surface area contributed by atoms with Gasteiger partial charge in [0.05, 0.1) is 11.1 Å². The molecule has 2 aliphatic rings. The number of halogens is 2. The van der Waals surface area contributed by atoms with Crippen molar-refractivity contribution >= 4 is 33.6 Å². The molecule has 0 bridgehead atoms. The Labute approximate surface area is 156 Å². The van der Waals surface area contributed by atoms with Gasteiger partial charge >= 0.3 is 6.09 Å². The van der Waals surface area contributed by atoms with Crippen molar-refractivity contribution in [1.82, 2.24) is 9.80 Å². The van der Waals surface area contributed by atoms with Gasteiger partial charge in [-0.15, -0.1) is 0 Å². The van der Waals surface area contributed by atoms with Gasteiger partial charge in [0.2, 0.25) is 0 Å². The molecule has 1 amide bonds. The van der Waals surface area contributed by atoms with E-state index in [0.29, 0.717) is 24.7 Å². The van der Waals surface area contributed by atoms with Crippen molar-refractivity contribution in [2.75, 3.05) is 26.2 Å². The predicted octanol–water partition coefficient (Wildman–Crippen LogP) is 3.92. The fourth-order valence-electron chi connectivity index (χ4n) is 2.98. The van der Waals surface area contributed by atoms with Crippen LogP contribution < -0.4 is 4.74 Å². The van der Waals surface area contributed by atoms with E-state index >= 15 is 0 Å². The molecule has 1 aromatic rings. The number of rotatable bonds is 0. The molecule has 2 aliphatic heterocycles. The summed E-state index contributed by atoms with van der Waals surface area (Å²) in [5, 5.41) is 0.684.